The highest BCUT2D eigenvalue weighted by molar-refractivity contribution is 7.86. The van der Waals surface area contributed by atoms with Crippen molar-refractivity contribution in [3.8, 4) is 0 Å². The third-order valence-electron chi connectivity index (χ3n) is 1.26. The summed E-state index contributed by atoms with van der Waals surface area (Å²) in [6, 6.07) is 0. The average Bonchev–Trinajstić information content (AvgIpc) is 1.81. The van der Waals surface area contributed by atoms with Crippen LogP contribution in [-0.2, 0) is 10.2 Å². The molecule has 3 nitrogen and oxygen atoms in total. The van der Waals surface area contributed by atoms with Crippen LogP contribution in [0, 0.1) is 5.92 Å². The molecule has 5 heteroatoms. The molecule has 0 saturated heterocycles. The monoisotopic (exact) mass is 169 g/mol. The van der Waals surface area contributed by atoms with Crippen molar-refractivity contribution in [1.82, 2.24) is 0 Å². The van der Waals surface area contributed by atoms with Crippen LogP contribution in [-0.4, -0.2) is 20.7 Å². The Hall–Kier alpha value is -0.160. The Kier molecular flexibility index (Phi) is 3.81. The molecule has 0 bridgehead atoms. The van der Waals surface area contributed by atoms with Gasteiger partial charge in [-0.25, -0.2) is 0 Å². The summed E-state index contributed by atoms with van der Waals surface area (Å²) in [6.07, 6.45) is 0.301. The van der Waals surface area contributed by atoms with Gasteiger partial charge in [-0.3, -0.25) is 0 Å². The third kappa shape index (κ3) is 5.97. The molecule has 0 aromatic carbocycles. The second-order valence-electron chi connectivity index (χ2n) is 2.37. The van der Waals surface area contributed by atoms with E-state index in [1.165, 1.54) is 0 Å². The van der Waals surface area contributed by atoms with Gasteiger partial charge in [0.25, 0.3) is 0 Å². The molecule has 0 amide bonds. The Balaban J connectivity index is 3.56. The minimum Gasteiger partial charge on any atom is -0.330 e. The van der Waals surface area contributed by atoms with E-state index in [0.29, 0.717) is 13.0 Å². The van der Waals surface area contributed by atoms with Gasteiger partial charge in [0.15, 0.2) is 0 Å². The summed E-state index contributed by atoms with van der Waals surface area (Å²) in [4.78, 5) is 0. The van der Waals surface area contributed by atoms with E-state index in [-0.39, 0.29) is 5.92 Å². The average molecular weight is 169 g/mol. The van der Waals surface area contributed by atoms with E-state index in [2.05, 4.69) is 0 Å². The predicted octanol–water partition coefficient (Wildman–Crippen LogP) is 0.271. The lowest BCUT2D eigenvalue weighted by molar-refractivity contribution is 0.526. The number of hydrogen-bond donors (Lipinski definition) is 1. The minimum atomic E-state index is -4.28. The van der Waals surface area contributed by atoms with Crippen LogP contribution in [0.1, 0.15) is 13.3 Å². The highest BCUT2D eigenvalue weighted by atomic mass is 32.3. The fraction of sp³-hybridized carbons (Fsp3) is 1.00. The Morgan fingerprint density at radius 3 is 2.40 bits per heavy atom. The Bertz CT molecular complexity index is 178. The molecule has 2 N–H and O–H groups in total. The van der Waals surface area contributed by atoms with Gasteiger partial charge in [0, 0.05) is 0 Å². The lowest BCUT2D eigenvalue weighted by Gasteiger charge is -2.03. The molecule has 0 aliphatic heterocycles. The summed E-state index contributed by atoms with van der Waals surface area (Å²) in [5.74, 6) is -0.337. The number of rotatable bonds is 4. The highest BCUT2D eigenvalue weighted by Gasteiger charge is 2.09. The lowest BCUT2D eigenvalue weighted by atomic mass is 10.1. The second-order valence-corrected chi connectivity index (χ2v) is 3.86. The van der Waals surface area contributed by atoms with Crippen LogP contribution in [0.4, 0.5) is 3.89 Å². The van der Waals surface area contributed by atoms with Crippen LogP contribution in [0.5, 0.6) is 0 Å². The summed E-state index contributed by atoms with van der Waals surface area (Å²) in [5.41, 5.74) is 5.18. The molecule has 0 rings (SSSR count). The van der Waals surface area contributed by atoms with Crippen LogP contribution >= 0.6 is 0 Å². The van der Waals surface area contributed by atoms with Gasteiger partial charge >= 0.3 is 10.2 Å². The van der Waals surface area contributed by atoms with E-state index in [1.807, 2.05) is 0 Å². The maximum atomic E-state index is 11.8. The second kappa shape index (κ2) is 3.88. The molecule has 0 fully saturated rings. The molecular formula is C5H12FNO2S. The summed E-state index contributed by atoms with van der Waals surface area (Å²) in [7, 11) is -4.28. The van der Waals surface area contributed by atoms with Crippen LogP contribution in [0.25, 0.3) is 0 Å². The van der Waals surface area contributed by atoms with Gasteiger partial charge in [-0.1, -0.05) is 6.92 Å². The molecule has 0 heterocycles. The maximum Gasteiger partial charge on any atom is 0.302 e. The summed E-state index contributed by atoms with van der Waals surface area (Å²) >= 11 is 0. The minimum absolute atomic E-state index is 0.0746. The van der Waals surface area contributed by atoms with Gasteiger partial charge in [0.1, 0.15) is 0 Å². The summed E-state index contributed by atoms with van der Waals surface area (Å²) in [6.45, 7) is 2.18. The highest BCUT2D eigenvalue weighted by Crippen LogP contribution is 2.03. The molecule has 1 unspecified atom stereocenters. The van der Waals surface area contributed by atoms with Gasteiger partial charge in [-0.05, 0) is 18.9 Å². The van der Waals surface area contributed by atoms with Crippen molar-refractivity contribution in [2.45, 2.75) is 13.3 Å². The molecule has 0 aromatic rings. The van der Waals surface area contributed by atoms with Crippen LogP contribution < -0.4 is 5.73 Å². The van der Waals surface area contributed by atoms with E-state index < -0.39 is 16.0 Å². The smallest absolute Gasteiger partial charge is 0.302 e. The van der Waals surface area contributed by atoms with Crippen molar-refractivity contribution in [1.29, 1.82) is 0 Å². The number of halogens is 1. The van der Waals surface area contributed by atoms with Gasteiger partial charge in [-0.2, -0.15) is 8.42 Å². The lowest BCUT2D eigenvalue weighted by Crippen LogP contribution is -2.14. The van der Waals surface area contributed by atoms with Gasteiger partial charge in [0.2, 0.25) is 0 Å². The van der Waals surface area contributed by atoms with Crippen molar-refractivity contribution in [3.05, 3.63) is 0 Å². The quantitative estimate of drug-likeness (QED) is 0.614. The van der Waals surface area contributed by atoms with E-state index >= 15 is 0 Å². The Morgan fingerprint density at radius 1 is 1.60 bits per heavy atom. The van der Waals surface area contributed by atoms with Crippen LogP contribution in [0.3, 0.4) is 0 Å². The van der Waals surface area contributed by atoms with E-state index in [0.717, 1.165) is 0 Å². The number of hydrogen-bond acceptors (Lipinski definition) is 3. The van der Waals surface area contributed by atoms with Crippen molar-refractivity contribution in [2.24, 2.45) is 11.7 Å². The molecule has 0 saturated carbocycles. The first-order valence-corrected chi connectivity index (χ1v) is 4.63. The Labute approximate surface area is 60.6 Å². The molecule has 0 aliphatic rings. The van der Waals surface area contributed by atoms with Gasteiger partial charge in [0.05, 0.1) is 5.75 Å². The van der Waals surface area contributed by atoms with Gasteiger partial charge < -0.3 is 5.73 Å². The molecule has 0 aromatic heterocycles. The number of nitrogens with two attached hydrogens (primary N) is 1. The first-order chi connectivity index (χ1) is 4.45. The van der Waals surface area contributed by atoms with Gasteiger partial charge in [-0.15, -0.1) is 3.89 Å². The summed E-state index contributed by atoms with van der Waals surface area (Å²) in [5, 5.41) is 0. The molecule has 0 aliphatic carbocycles. The molecular weight excluding hydrogens is 157 g/mol. The van der Waals surface area contributed by atoms with E-state index in [1.54, 1.807) is 6.92 Å². The van der Waals surface area contributed by atoms with Crippen molar-refractivity contribution >= 4 is 10.2 Å². The zero-order valence-corrected chi connectivity index (χ0v) is 6.70. The topological polar surface area (TPSA) is 60.2 Å². The van der Waals surface area contributed by atoms with Crippen molar-refractivity contribution < 1.29 is 12.3 Å². The fourth-order valence-corrected chi connectivity index (χ4v) is 1.14. The SMILES string of the molecule is CC(CN)CCS(=O)(=O)F. The van der Waals surface area contributed by atoms with Crippen LogP contribution in [0.2, 0.25) is 0 Å². The summed E-state index contributed by atoms with van der Waals surface area (Å²) < 4.78 is 31.7. The molecule has 0 radical (unpaired) electrons. The zero-order chi connectivity index (χ0) is 8.20. The first-order valence-electron chi connectivity index (χ1n) is 3.08. The normalized spacial score (nSPS) is 15.1. The van der Waals surface area contributed by atoms with Crippen LogP contribution in [0.15, 0.2) is 0 Å². The Morgan fingerprint density at radius 2 is 2.10 bits per heavy atom. The molecule has 62 valence electrons. The molecule has 10 heavy (non-hydrogen) atoms. The first kappa shape index (κ1) is 9.84. The predicted molar refractivity (Wildman–Crippen MR) is 37.7 cm³/mol. The fourth-order valence-electron chi connectivity index (χ4n) is 0.460. The standard InChI is InChI=1S/C5H12FNO2S/c1-5(4-7)2-3-10(6,8)9/h5H,2-4,7H2,1H3. The molecule has 1 atom stereocenters. The van der Waals surface area contributed by atoms with Crippen molar-refractivity contribution in [2.75, 3.05) is 12.3 Å². The van der Waals surface area contributed by atoms with E-state index in [9.17, 15) is 12.3 Å². The third-order valence-corrected chi connectivity index (χ3v) is 1.98. The van der Waals surface area contributed by atoms with Crippen molar-refractivity contribution in [3.63, 3.8) is 0 Å². The zero-order valence-electron chi connectivity index (χ0n) is 5.88. The maximum absolute atomic E-state index is 11.8. The largest absolute Gasteiger partial charge is 0.330 e. The molecule has 0 spiro atoms. The van der Waals surface area contributed by atoms with E-state index in [4.69, 9.17) is 5.73 Å².